The average Bonchev–Trinajstić information content (AvgIpc) is 2.90. The summed E-state index contributed by atoms with van der Waals surface area (Å²) in [5, 5.41) is 3.00. The van der Waals surface area contributed by atoms with Crippen LogP contribution in [0.4, 0.5) is 26.1 Å². The first-order valence-corrected chi connectivity index (χ1v) is 13.5. The van der Waals surface area contributed by atoms with E-state index < -0.39 is 11.4 Å². The molecule has 0 saturated carbocycles. The number of benzene rings is 2. The van der Waals surface area contributed by atoms with E-state index in [9.17, 15) is 4.79 Å². The molecule has 0 bridgehead atoms. The van der Waals surface area contributed by atoms with Gasteiger partial charge in [0.25, 0.3) is 5.91 Å². The van der Waals surface area contributed by atoms with Gasteiger partial charge in [-0.2, -0.15) is 0 Å². The van der Waals surface area contributed by atoms with Crippen molar-refractivity contribution in [2.45, 2.75) is 58.1 Å². The molecule has 0 spiro atoms. The van der Waals surface area contributed by atoms with Crippen LogP contribution in [-0.2, 0) is 4.79 Å². The molecule has 3 heterocycles. The van der Waals surface area contributed by atoms with Gasteiger partial charge < -0.3 is 24.6 Å². The molecular formula is C30H35F2N5O3. The predicted octanol–water partition coefficient (Wildman–Crippen LogP) is 5.90. The monoisotopic (exact) mass is 551 g/mol. The number of carbonyl (C=O) groups is 1. The summed E-state index contributed by atoms with van der Waals surface area (Å²) in [4.78, 5) is 25.6. The summed E-state index contributed by atoms with van der Waals surface area (Å²) in [6.07, 6.45) is 2.89. The van der Waals surface area contributed by atoms with Crippen LogP contribution in [0.15, 0.2) is 36.5 Å². The van der Waals surface area contributed by atoms with Crippen molar-refractivity contribution in [3.8, 4) is 22.8 Å². The van der Waals surface area contributed by atoms with Gasteiger partial charge in [-0.15, -0.1) is 0 Å². The normalized spacial score (nSPS) is 17.5. The van der Waals surface area contributed by atoms with Crippen molar-refractivity contribution in [2.75, 3.05) is 37.5 Å². The van der Waals surface area contributed by atoms with Crippen molar-refractivity contribution in [3.63, 3.8) is 0 Å². The van der Waals surface area contributed by atoms with Gasteiger partial charge in [0.1, 0.15) is 11.5 Å². The van der Waals surface area contributed by atoms with Crippen molar-refractivity contribution in [3.05, 3.63) is 53.7 Å². The van der Waals surface area contributed by atoms with Crippen molar-refractivity contribution >= 4 is 23.2 Å². The number of carbonyl (C=O) groups excluding carboxylic acids is 1. The molecule has 1 amide bonds. The molecule has 1 N–H and O–H groups in total. The Morgan fingerprint density at radius 2 is 1.85 bits per heavy atom. The minimum absolute atomic E-state index is 0.00278. The summed E-state index contributed by atoms with van der Waals surface area (Å²) in [7, 11) is 3.56. The molecule has 2 aliphatic heterocycles. The first kappa shape index (κ1) is 27.8. The second-order valence-electron chi connectivity index (χ2n) is 11.2. The first-order chi connectivity index (χ1) is 19.0. The highest BCUT2D eigenvalue weighted by atomic mass is 19.1. The summed E-state index contributed by atoms with van der Waals surface area (Å²) in [6, 6.07) is 8.11. The van der Waals surface area contributed by atoms with Gasteiger partial charge in [0, 0.05) is 17.3 Å². The van der Waals surface area contributed by atoms with Crippen molar-refractivity contribution in [2.24, 2.45) is 0 Å². The number of piperidine rings is 1. The predicted molar refractivity (Wildman–Crippen MR) is 150 cm³/mol. The van der Waals surface area contributed by atoms with E-state index >= 15 is 8.78 Å². The minimum Gasteiger partial charge on any atom is -0.493 e. The molecule has 1 fully saturated rings. The Hall–Kier alpha value is -3.79. The highest BCUT2D eigenvalue weighted by Crippen LogP contribution is 2.47. The standard InChI is InChI=1S/C30H35F2N5O3/c1-17(2)37-24-13-19(14-25(39-6)27(24)40-30(3,4)28(37)38)26-23(32)16-33-29(35-26)34-20-7-8-21(22(31)15-20)18-9-11-36(5)12-10-18/h7-8,13-18H,9-12H2,1-6H3,(H,33,34,35). The quantitative estimate of drug-likeness (QED) is 0.409. The van der Waals surface area contributed by atoms with E-state index in [1.807, 2.05) is 13.8 Å². The van der Waals surface area contributed by atoms with Crippen LogP contribution in [0.5, 0.6) is 11.5 Å². The van der Waals surface area contributed by atoms with E-state index in [2.05, 4.69) is 27.2 Å². The number of ether oxygens (including phenoxy) is 2. The molecule has 8 nitrogen and oxygen atoms in total. The zero-order valence-corrected chi connectivity index (χ0v) is 23.7. The number of halogens is 2. The lowest BCUT2D eigenvalue weighted by molar-refractivity contribution is -0.133. The van der Waals surface area contributed by atoms with Gasteiger partial charge in [0.05, 0.1) is 19.0 Å². The molecule has 10 heteroatoms. The summed E-state index contributed by atoms with van der Waals surface area (Å²) in [6.45, 7) is 9.07. The van der Waals surface area contributed by atoms with Crippen LogP contribution in [-0.4, -0.2) is 59.7 Å². The van der Waals surface area contributed by atoms with E-state index in [0.29, 0.717) is 34.0 Å². The lowest BCUT2D eigenvalue weighted by Gasteiger charge is -2.41. The summed E-state index contributed by atoms with van der Waals surface area (Å²) in [5.74, 6) is -0.127. The number of fused-ring (bicyclic) bond motifs is 1. The molecule has 5 rings (SSSR count). The fourth-order valence-electron chi connectivity index (χ4n) is 5.38. The maximum absolute atomic E-state index is 15.1. The molecule has 0 radical (unpaired) electrons. The number of likely N-dealkylation sites (tertiary alicyclic amines) is 1. The zero-order chi connectivity index (χ0) is 28.8. The maximum atomic E-state index is 15.1. The van der Waals surface area contributed by atoms with Crippen LogP contribution >= 0.6 is 0 Å². The molecule has 1 saturated heterocycles. The average molecular weight is 552 g/mol. The third-order valence-corrected chi connectivity index (χ3v) is 7.55. The minimum atomic E-state index is -1.10. The van der Waals surface area contributed by atoms with E-state index in [1.165, 1.54) is 13.2 Å². The second-order valence-corrected chi connectivity index (χ2v) is 11.2. The largest absolute Gasteiger partial charge is 0.493 e. The number of methoxy groups -OCH3 is 1. The summed E-state index contributed by atoms with van der Waals surface area (Å²) < 4.78 is 41.8. The number of rotatable bonds is 6. The summed E-state index contributed by atoms with van der Waals surface area (Å²) >= 11 is 0. The lowest BCUT2D eigenvalue weighted by Crippen LogP contribution is -2.54. The molecule has 0 aliphatic carbocycles. The fourth-order valence-corrected chi connectivity index (χ4v) is 5.38. The number of hydrogen-bond donors (Lipinski definition) is 1. The highest BCUT2D eigenvalue weighted by Gasteiger charge is 2.43. The molecule has 0 atom stereocenters. The van der Waals surface area contributed by atoms with Gasteiger partial charge in [-0.3, -0.25) is 4.79 Å². The van der Waals surface area contributed by atoms with Crippen LogP contribution in [0.2, 0.25) is 0 Å². The van der Waals surface area contributed by atoms with Crippen LogP contribution in [0.1, 0.15) is 52.0 Å². The van der Waals surface area contributed by atoms with E-state index in [4.69, 9.17) is 9.47 Å². The Morgan fingerprint density at radius 3 is 2.50 bits per heavy atom. The van der Waals surface area contributed by atoms with Crippen LogP contribution < -0.4 is 19.7 Å². The molecule has 2 aliphatic rings. The molecule has 0 unspecified atom stereocenters. The number of amides is 1. The second kappa shape index (κ2) is 10.6. The van der Waals surface area contributed by atoms with Crippen molar-refractivity contribution in [1.82, 2.24) is 14.9 Å². The molecule has 40 heavy (non-hydrogen) atoms. The zero-order valence-electron chi connectivity index (χ0n) is 23.7. The van der Waals surface area contributed by atoms with Gasteiger partial charge in [0.2, 0.25) is 5.95 Å². The summed E-state index contributed by atoms with van der Waals surface area (Å²) in [5.41, 5.74) is 0.915. The highest BCUT2D eigenvalue weighted by molar-refractivity contribution is 6.04. The molecule has 2 aromatic carbocycles. The molecular weight excluding hydrogens is 516 g/mol. The van der Waals surface area contributed by atoms with Crippen LogP contribution in [0.3, 0.4) is 0 Å². The topological polar surface area (TPSA) is 79.8 Å². The Balaban J connectivity index is 1.47. The number of hydrogen-bond acceptors (Lipinski definition) is 7. The Morgan fingerprint density at radius 1 is 1.12 bits per heavy atom. The lowest BCUT2D eigenvalue weighted by atomic mass is 9.89. The fraction of sp³-hybridized carbons (Fsp3) is 0.433. The SMILES string of the molecule is COc1cc(-c2nc(Nc3ccc(C4CCN(C)CC4)c(F)c3)ncc2F)cc2c1OC(C)(C)C(=O)N2C(C)C. The van der Waals surface area contributed by atoms with Crippen molar-refractivity contribution < 1.29 is 23.0 Å². The van der Waals surface area contributed by atoms with Crippen LogP contribution in [0, 0.1) is 11.6 Å². The molecule has 3 aromatic rings. The van der Waals surface area contributed by atoms with Crippen LogP contribution in [0.25, 0.3) is 11.3 Å². The number of aromatic nitrogens is 2. The van der Waals surface area contributed by atoms with Gasteiger partial charge in [-0.25, -0.2) is 18.7 Å². The van der Waals surface area contributed by atoms with Gasteiger partial charge in [-0.05, 0) is 96.4 Å². The molecule has 212 valence electrons. The smallest absolute Gasteiger partial charge is 0.270 e. The van der Waals surface area contributed by atoms with Gasteiger partial charge in [-0.1, -0.05) is 6.07 Å². The number of anilines is 3. The number of nitrogens with one attached hydrogen (secondary N) is 1. The number of nitrogens with zero attached hydrogens (tertiary/aromatic N) is 4. The Bertz CT molecular complexity index is 1440. The molecule has 1 aromatic heterocycles. The third kappa shape index (κ3) is 5.20. The Kier molecular flexibility index (Phi) is 7.39. The first-order valence-electron chi connectivity index (χ1n) is 13.5. The van der Waals surface area contributed by atoms with Crippen molar-refractivity contribution in [1.29, 1.82) is 0 Å². The van der Waals surface area contributed by atoms with E-state index in [1.54, 1.807) is 43.0 Å². The third-order valence-electron chi connectivity index (χ3n) is 7.55. The van der Waals surface area contributed by atoms with Gasteiger partial charge >= 0.3 is 0 Å². The maximum Gasteiger partial charge on any atom is 0.270 e. The van der Waals surface area contributed by atoms with Gasteiger partial charge in [0.15, 0.2) is 22.9 Å². The van der Waals surface area contributed by atoms with E-state index in [0.717, 1.165) is 32.1 Å². The van der Waals surface area contributed by atoms with E-state index in [-0.39, 0.29) is 35.3 Å². The Labute approximate surface area is 233 Å².